The predicted octanol–water partition coefficient (Wildman–Crippen LogP) is 21.0. The molecular formula is C65H118O6. The molecule has 0 aromatic heterocycles. The second kappa shape index (κ2) is 59.9. The van der Waals surface area contributed by atoms with Crippen molar-refractivity contribution in [3.05, 3.63) is 48.6 Å². The van der Waals surface area contributed by atoms with Gasteiger partial charge >= 0.3 is 17.9 Å². The Morgan fingerprint density at radius 2 is 0.549 bits per heavy atom. The first-order valence-corrected chi connectivity index (χ1v) is 31.1. The lowest BCUT2D eigenvalue weighted by Gasteiger charge is -2.18. The SMILES string of the molecule is CC/C=C\C/C=C\C/C=C\C/C=C\CCCCCCC(=O)OC(COC(=O)CCCCCCCCCCCCCCC)COC(=O)CCCCCCCCCCCCCCCCCCCCCCCCC. The van der Waals surface area contributed by atoms with Crippen LogP contribution in [-0.2, 0) is 28.6 Å². The van der Waals surface area contributed by atoms with Crippen molar-refractivity contribution in [2.75, 3.05) is 13.2 Å². The van der Waals surface area contributed by atoms with E-state index in [9.17, 15) is 14.4 Å². The van der Waals surface area contributed by atoms with Crippen molar-refractivity contribution in [2.45, 2.75) is 335 Å². The van der Waals surface area contributed by atoms with Gasteiger partial charge in [0.25, 0.3) is 0 Å². The third kappa shape index (κ3) is 58.1. The fraction of sp³-hybridized carbons (Fsp3) is 0.831. The normalized spacial score (nSPS) is 12.3. The highest BCUT2D eigenvalue weighted by Crippen LogP contribution is 2.17. The first kappa shape index (κ1) is 68.4. The summed E-state index contributed by atoms with van der Waals surface area (Å²) in [5, 5.41) is 0. The molecule has 6 heteroatoms. The molecule has 0 aromatic carbocycles. The number of esters is 3. The summed E-state index contributed by atoms with van der Waals surface area (Å²) in [6.45, 7) is 6.56. The molecule has 0 aliphatic heterocycles. The molecule has 0 aliphatic rings. The highest BCUT2D eigenvalue weighted by atomic mass is 16.6. The molecule has 1 atom stereocenters. The first-order chi connectivity index (χ1) is 35.0. The molecule has 1 unspecified atom stereocenters. The van der Waals surface area contributed by atoms with Crippen molar-refractivity contribution < 1.29 is 28.6 Å². The molecule has 414 valence electrons. The molecule has 0 saturated heterocycles. The fourth-order valence-corrected chi connectivity index (χ4v) is 9.20. The molecule has 0 aromatic rings. The molecule has 71 heavy (non-hydrogen) atoms. The zero-order valence-corrected chi connectivity index (χ0v) is 47.5. The van der Waals surface area contributed by atoms with Crippen molar-refractivity contribution in [1.82, 2.24) is 0 Å². The van der Waals surface area contributed by atoms with E-state index in [1.165, 1.54) is 193 Å². The first-order valence-electron chi connectivity index (χ1n) is 31.1. The molecule has 0 saturated carbocycles. The van der Waals surface area contributed by atoms with Crippen LogP contribution in [0.2, 0.25) is 0 Å². The van der Waals surface area contributed by atoms with Crippen LogP contribution in [0.5, 0.6) is 0 Å². The van der Waals surface area contributed by atoms with Crippen LogP contribution in [0, 0.1) is 0 Å². The standard InChI is InChI=1S/C65H118O6/c1-4-7-10-13-16-19-22-25-27-29-30-31-32-33-34-36-37-40-43-46-49-52-55-58-64(67)70-61-62(60-69-63(66)57-54-51-48-45-42-39-24-21-18-15-12-9-6-3)71-65(68)59-56-53-50-47-44-41-38-35-28-26-23-20-17-14-11-8-5-2/h8,11,17,20,26,28,38,41,62H,4-7,9-10,12-16,18-19,21-25,27,29-37,39-40,42-61H2,1-3H3/b11-8-,20-17-,28-26-,41-38-. The summed E-state index contributed by atoms with van der Waals surface area (Å²) < 4.78 is 16.9. The largest absolute Gasteiger partial charge is 0.462 e. The molecule has 0 radical (unpaired) electrons. The molecule has 0 heterocycles. The zero-order chi connectivity index (χ0) is 51.4. The highest BCUT2D eigenvalue weighted by Gasteiger charge is 2.19. The van der Waals surface area contributed by atoms with Gasteiger partial charge in [-0.3, -0.25) is 14.4 Å². The molecule has 0 spiro atoms. The van der Waals surface area contributed by atoms with Crippen molar-refractivity contribution >= 4 is 17.9 Å². The minimum Gasteiger partial charge on any atom is -0.462 e. The number of allylic oxidation sites excluding steroid dienone is 8. The predicted molar refractivity (Wildman–Crippen MR) is 307 cm³/mol. The number of rotatable bonds is 57. The maximum absolute atomic E-state index is 12.9. The summed E-state index contributed by atoms with van der Waals surface area (Å²) in [6, 6.07) is 0. The Balaban J connectivity index is 4.29. The molecule has 0 aliphatic carbocycles. The maximum Gasteiger partial charge on any atom is 0.306 e. The number of carbonyl (C=O) groups is 3. The van der Waals surface area contributed by atoms with Crippen molar-refractivity contribution in [3.63, 3.8) is 0 Å². The van der Waals surface area contributed by atoms with Crippen LogP contribution in [0.15, 0.2) is 48.6 Å². The van der Waals surface area contributed by atoms with Gasteiger partial charge in [-0.15, -0.1) is 0 Å². The lowest BCUT2D eigenvalue weighted by Crippen LogP contribution is -2.30. The van der Waals surface area contributed by atoms with Crippen molar-refractivity contribution in [1.29, 1.82) is 0 Å². The van der Waals surface area contributed by atoms with Crippen molar-refractivity contribution in [3.8, 4) is 0 Å². The Hall–Kier alpha value is -2.63. The van der Waals surface area contributed by atoms with Crippen molar-refractivity contribution in [2.24, 2.45) is 0 Å². The Morgan fingerprint density at radius 1 is 0.296 bits per heavy atom. The third-order valence-electron chi connectivity index (χ3n) is 13.8. The van der Waals surface area contributed by atoms with Gasteiger partial charge in [0, 0.05) is 19.3 Å². The van der Waals surface area contributed by atoms with Gasteiger partial charge in [-0.1, -0.05) is 301 Å². The molecule has 0 N–H and O–H groups in total. The summed E-state index contributed by atoms with van der Waals surface area (Å²) in [5.41, 5.74) is 0. The molecule has 0 rings (SSSR count). The van der Waals surface area contributed by atoms with Crippen LogP contribution in [-0.4, -0.2) is 37.2 Å². The molecular weight excluding hydrogens is 877 g/mol. The maximum atomic E-state index is 12.9. The highest BCUT2D eigenvalue weighted by molar-refractivity contribution is 5.71. The van der Waals surface area contributed by atoms with E-state index in [4.69, 9.17) is 14.2 Å². The number of unbranched alkanes of at least 4 members (excludes halogenated alkanes) is 38. The summed E-state index contributed by atoms with van der Waals surface area (Å²) in [6.07, 6.45) is 74.0. The van der Waals surface area contributed by atoms with E-state index in [1.54, 1.807) is 0 Å². The second-order valence-corrected chi connectivity index (χ2v) is 21.0. The van der Waals surface area contributed by atoms with E-state index in [0.717, 1.165) is 96.3 Å². The molecule has 6 nitrogen and oxygen atoms in total. The Bertz CT molecular complexity index is 1230. The number of carbonyl (C=O) groups excluding carboxylic acids is 3. The van der Waals surface area contributed by atoms with E-state index in [2.05, 4.69) is 69.4 Å². The topological polar surface area (TPSA) is 78.9 Å². The minimum absolute atomic E-state index is 0.0786. The number of hydrogen-bond acceptors (Lipinski definition) is 6. The van der Waals surface area contributed by atoms with Crippen LogP contribution >= 0.6 is 0 Å². The van der Waals surface area contributed by atoms with Gasteiger partial charge in [-0.05, 0) is 57.8 Å². The van der Waals surface area contributed by atoms with Gasteiger partial charge in [0.1, 0.15) is 13.2 Å². The zero-order valence-electron chi connectivity index (χ0n) is 47.5. The van der Waals surface area contributed by atoms with Gasteiger partial charge in [0.2, 0.25) is 0 Å². The van der Waals surface area contributed by atoms with E-state index in [0.29, 0.717) is 19.3 Å². The van der Waals surface area contributed by atoms with Crippen LogP contribution in [0.3, 0.4) is 0 Å². The van der Waals surface area contributed by atoms with Gasteiger partial charge in [-0.2, -0.15) is 0 Å². The van der Waals surface area contributed by atoms with Crippen LogP contribution in [0.1, 0.15) is 329 Å². The van der Waals surface area contributed by atoms with E-state index in [1.807, 2.05) is 0 Å². The van der Waals surface area contributed by atoms with E-state index in [-0.39, 0.29) is 31.1 Å². The van der Waals surface area contributed by atoms with E-state index >= 15 is 0 Å². The smallest absolute Gasteiger partial charge is 0.306 e. The average Bonchev–Trinajstić information content (AvgIpc) is 3.37. The summed E-state index contributed by atoms with van der Waals surface area (Å²) in [5.74, 6) is -0.882. The van der Waals surface area contributed by atoms with E-state index < -0.39 is 6.10 Å². The van der Waals surface area contributed by atoms with Gasteiger partial charge < -0.3 is 14.2 Å². The Labute approximate surface area is 441 Å². The quantitative estimate of drug-likeness (QED) is 0.0261. The third-order valence-corrected chi connectivity index (χ3v) is 13.8. The Kier molecular flexibility index (Phi) is 57.7. The molecule has 0 fully saturated rings. The van der Waals surface area contributed by atoms with Crippen LogP contribution in [0.4, 0.5) is 0 Å². The van der Waals surface area contributed by atoms with Crippen LogP contribution in [0.25, 0.3) is 0 Å². The summed E-state index contributed by atoms with van der Waals surface area (Å²) in [7, 11) is 0. The lowest BCUT2D eigenvalue weighted by molar-refractivity contribution is -0.167. The van der Waals surface area contributed by atoms with Crippen LogP contribution < -0.4 is 0 Å². The van der Waals surface area contributed by atoms with Gasteiger partial charge in [0.15, 0.2) is 6.10 Å². The lowest BCUT2D eigenvalue weighted by atomic mass is 10.0. The monoisotopic (exact) mass is 995 g/mol. The summed E-state index contributed by atoms with van der Waals surface area (Å²) >= 11 is 0. The Morgan fingerprint density at radius 3 is 0.859 bits per heavy atom. The number of hydrogen-bond donors (Lipinski definition) is 0. The van der Waals surface area contributed by atoms with Gasteiger partial charge in [0.05, 0.1) is 0 Å². The molecule has 0 bridgehead atoms. The van der Waals surface area contributed by atoms with Gasteiger partial charge in [-0.25, -0.2) is 0 Å². The minimum atomic E-state index is -0.783. The number of ether oxygens (including phenoxy) is 3. The fourth-order valence-electron chi connectivity index (χ4n) is 9.20. The average molecular weight is 996 g/mol. The summed E-state index contributed by atoms with van der Waals surface area (Å²) in [4.78, 5) is 38.2. The second-order valence-electron chi connectivity index (χ2n) is 21.0. The molecule has 0 amide bonds.